The van der Waals surface area contributed by atoms with Crippen molar-refractivity contribution in [2.24, 2.45) is 10.9 Å². The molecule has 2 rings (SSSR count). The van der Waals surface area contributed by atoms with Crippen LogP contribution in [0.5, 0.6) is 5.75 Å². The highest BCUT2D eigenvalue weighted by Gasteiger charge is 2.12. The van der Waals surface area contributed by atoms with Crippen LogP contribution in [0.3, 0.4) is 0 Å². The summed E-state index contributed by atoms with van der Waals surface area (Å²) in [7, 11) is 1.69. The predicted octanol–water partition coefficient (Wildman–Crippen LogP) is 3.35. The van der Waals surface area contributed by atoms with E-state index < -0.39 is 0 Å². The van der Waals surface area contributed by atoms with Gasteiger partial charge < -0.3 is 19.9 Å². The van der Waals surface area contributed by atoms with Crippen molar-refractivity contribution in [3.8, 4) is 5.75 Å². The number of guanidine groups is 1. The van der Waals surface area contributed by atoms with E-state index in [1.54, 1.807) is 18.9 Å². The highest BCUT2D eigenvalue weighted by Crippen LogP contribution is 2.18. The first-order chi connectivity index (χ1) is 14.1. The van der Waals surface area contributed by atoms with Crippen molar-refractivity contribution in [2.45, 2.75) is 51.9 Å². The number of methoxy groups -OCH3 is 1. The van der Waals surface area contributed by atoms with E-state index in [1.165, 1.54) is 0 Å². The van der Waals surface area contributed by atoms with Gasteiger partial charge in [-0.1, -0.05) is 43.8 Å². The maximum Gasteiger partial charge on any atom is 0.191 e. The van der Waals surface area contributed by atoms with Gasteiger partial charge in [-0.25, -0.2) is 4.99 Å². The summed E-state index contributed by atoms with van der Waals surface area (Å²) in [5.74, 6) is 3.30. The zero-order chi connectivity index (χ0) is 21.1. The molecule has 0 saturated carbocycles. The fraction of sp³-hybridized carbons (Fsp3) is 0.571. The van der Waals surface area contributed by atoms with Crippen LogP contribution in [0.4, 0.5) is 0 Å². The molecule has 7 nitrogen and oxygen atoms in total. The van der Waals surface area contributed by atoms with E-state index in [0.717, 1.165) is 60.7 Å². The summed E-state index contributed by atoms with van der Waals surface area (Å²) in [6, 6.07) is 7.97. The van der Waals surface area contributed by atoms with Crippen LogP contribution in [-0.4, -0.2) is 47.2 Å². The lowest BCUT2D eigenvalue weighted by Crippen LogP contribution is -2.38. The van der Waals surface area contributed by atoms with Gasteiger partial charge in [0.2, 0.25) is 0 Å². The molecule has 0 unspecified atom stereocenters. The Hall–Kier alpha value is -2.22. The van der Waals surface area contributed by atoms with Gasteiger partial charge in [-0.3, -0.25) is 0 Å². The van der Waals surface area contributed by atoms with Gasteiger partial charge >= 0.3 is 0 Å². The SMILES string of the molecule is CCNC(=NCc1ccccc1OC)NCCCc1nnc(SC)n1CC(C)C. The molecular formula is C21H34N6OS. The summed E-state index contributed by atoms with van der Waals surface area (Å²) >= 11 is 1.65. The van der Waals surface area contributed by atoms with Crippen molar-refractivity contribution in [3.63, 3.8) is 0 Å². The Morgan fingerprint density at radius 3 is 2.72 bits per heavy atom. The van der Waals surface area contributed by atoms with Crippen LogP contribution >= 0.6 is 11.8 Å². The minimum Gasteiger partial charge on any atom is -0.496 e. The number of nitrogens with one attached hydrogen (secondary N) is 2. The van der Waals surface area contributed by atoms with Crippen molar-refractivity contribution in [1.82, 2.24) is 25.4 Å². The monoisotopic (exact) mass is 418 g/mol. The topological polar surface area (TPSA) is 76.4 Å². The molecule has 8 heteroatoms. The molecule has 0 amide bonds. The Morgan fingerprint density at radius 2 is 2.03 bits per heavy atom. The van der Waals surface area contributed by atoms with Gasteiger partial charge in [-0.15, -0.1) is 10.2 Å². The number of hydrogen-bond acceptors (Lipinski definition) is 5. The molecular weight excluding hydrogens is 384 g/mol. The number of thioether (sulfide) groups is 1. The number of ether oxygens (including phenoxy) is 1. The molecule has 160 valence electrons. The summed E-state index contributed by atoms with van der Waals surface area (Å²) in [5, 5.41) is 16.4. The Bertz CT molecular complexity index is 774. The van der Waals surface area contributed by atoms with Crippen molar-refractivity contribution in [2.75, 3.05) is 26.5 Å². The Labute approximate surface area is 178 Å². The van der Waals surface area contributed by atoms with Gasteiger partial charge in [0, 0.05) is 31.6 Å². The number of aromatic nitrogens is 3. The van der Waals surface area contributed by atoms with E-state index in [0.29, 0.717) is 12.5 Å². The molecule has 0 aliphatic carbocycles. The first-order valence-corrected chi connectivity index (χ1v) is 11.4. The van der Waals surface area contributed by atoms with Gasteiger partial charge in [0.25, 0.3) is 0 Å². The third-order valence-corrected chi connectivity index (χ3v) is 5.00. The number of rotatable bonds is 11. The first-order valence-electron chi connectivity index (χ1n) is 10.2. The minimum absolute atomic E-state index is 0.566. The van der Waals surface area contributed by atoms with E-state index in [9.17, 15) is 0 Å². The lowest BCUT2D eigenvalue weighted by atomic mass is 10.2. The van der Waals surface area contributed by atoms with Gasteiger partial charge in [0.1, 0.15) is 11.6 Å². The highest BCUT2D eigenvalue weighted by atomic mass is 32.2. The zero-order valence-electron chi connectivity index (χ0n) is 18.2. The summed E-state index contributed by atoms with van der Waals surface area (Å²) in [5.41, 5.74) is 1.07. The summed E-state index contributed by atoms with van der Waals surface area (Å²) in [6.45, 7) is 9.66. The van der Waals surface area contributed by atoms with E-state index in [2.05, 4.69) is 51.2 Å². The fourth-order valence-electron chi connectivity index (χ4n) is 3.00. The van der Waals surface area contributed by atoms with Crippen LogP contribution in [0.2, 0.25) is 0 Å². The largest absolute Gasteiger partial charge is 0.496 e. The summed E-state index contributed by atoms with van der Waals surface area (Å²) in [4.78, 5) is 4.69. The molecule has 2 N–H and O–H groups in total. The molecule has 0 spiro atoms. The van der Waals surface area contributed by atoms with E-state index in [1.807, 2.05) is 30.5 Å². The molecule has 29 heavy (non-hydrogen) atoms. The molecule has 0 radical (unpaired) electrons. The van der Waals surface area contributed by atoms with E-state index in [4.69, 9.17) is 4.74 Å². The van der Waals surface area contributed by atoms with Gasteiger partial charge in [-0.05, 0) is 31.6 Å². The molecule has 0 saturated heterocycles. The number of hydrogen-bond donors (Lipinski definition) is 2. The van der Waals surface area contributed by atoms with Crippen LogP contribution in [0, 0.1) is 5.92 Å². The average molecular weight is 419 g/mol. The van der Waals surface area contributed by atoms with Crippen molar-refractivity contribution >= 4 is 17.7 Å². The number of nitrogens with zero attached hydrogens (tertiary/aromatic N) is 4. The molecule has 0 aliphatic heterocycles. The highest BCUT2D eigenvalue weighted by molar-refractivity contribution is 7.98. The lowest BCUT2D eigenvalue weighted by molar-refractivity contribution is 0.410. The molecule has 2 aromatic rings. The zero-order valence-corrected chi connectivity index (χ0v) is 19.1. The lowest BCUT2D eigenvalue weighted by Gasteiger charge is -2.13. The molecule has 0 bridgehead atoms. The average Bonchev–Trinajstić information content (AvgIpc) is 3.10. The van der Waals surface area contributed by atoms with E-state index >= 15 is 0 Å². The van der Waals surface area contributed by atoms with Crippen molar-refractivity contribution in [3.05, 3.63) is 35.7 Å². The minimum atomic E-state index is 0.566. The molecule has 1 heterocycles. The number of para-hydroxylation sites is 1. The number of benzene rings is 1. The Kier molecular flexibility index (Phi) is 9.83. The first kappa shape index (κ1) is 23.1. The van der Waals surface area contributed by atoms with E-state index in [-0.39, 0.29) is 0 Å². The van der Waals surface area contributed by atoms with Crippen LogP contribution < -0.4 is 15.4 Å². The summed E-state index contributed by atoms with van der Waals surface area (Å²) < 4.78 is 7.65. The van der Waals surface area contributed by atoms with Gasteiger partial charge in [0.05, 0.1) is 13.7 Å². The van der Waals surface area contributed by atoms with Gasteiger partial charge in [0.15, 0.2) is 11.1 Å². The van der Waals surface area contributed by atoms with Crippen LogP contribution in [0.15, 0.2) is 34.4 Å². The second-order valence-corrected chi connectivity index (χ2v) is 7.92. The maximum absolute atomic E-state index is 5.41. The standard InChI is InChI=1S/C21H34N6OS/c1-6-22-20(24-14-17-10-7-8-11-18(17)28-4)23-13-9-12-19-25-26-21(29-5)27(19)15-16(2)3/h7-8,10-11,16H,6,9,12-15H2,1-5H3,(H2,22,23,24). The Balaban J connectivity index is 1.90. The molecule has 1 aromatic carbocycles. The second-order valence-electron chi connectivity index (χ2n) is 7.14. The molecule has 0 atom stereocenters. The summed E-state index contributed by atoms with van der Waals surface area (Å²) in [6.07, 6.45) is 3.90. The normalized spacial score (nSPS) is 11.7. The van der Waals surface area contributed by atoms with Gasteiger partial charge in [-0.2, -0.15) is 0 Å². The Morgan fingerprint density at radius 1 is 1.24 bits per heavy atom. The maximum atomic E-state index is 5.41. The van der Waals surface area contributed by atoms with Crippen molar-refractivity contribution < 1.29 is 4.74 Å². The number of aliphatic imine (C=N–C) groups is 1. The fourth-order valence-corrected chi connectivity index (χ4v) is 3.52. The number of aryl methyl sites for hydroxylation is 1. The van der Waals surface area contributed by atoms with Crippen LogP contribution in [0.1, 0.15) is 38.6 Å². The quantitative estimate of drug-likeness (QED) is 0.252. The smallest absolute Gasteiger partial charge is 0.191 e. The van der Waals surface area contributed by atoms with Crippen molar-refractivity contribution in [1.29, 1.82) is 0 Å². The predicted molar refractivity (Wildman–Crippen MR) is 121 cm³/mol. The second kappa shape index (κ2) is 12.4. The molecule has 0 fully saturated rings. The van der Waals surface area contributed by atoms with Crippen LogP contribution in [0.25, 0.3) is 0 Å². The molecule has 1 aromatic heterocycles. The van der Waals surface area contributed by atoms with Crippen LogP contribution in [-0.2, 0) is 19.5 Å². The third kappa shape index (κ3) is 7.27. The molecule has 0 aliphatic rings. The third-order valence-electron chi connectivity index (χ3n) is 4.34.